The second-order valence-electron chi connectivity index (χ2n) is 4.65. The zero-order chi connectivity index (χ0) is 16.0. The number of benzene rings is 1. The molecule has 5 nitrogen and oxygen atoms in total. The molecule has 116 valence electrons. The summed E-state index contributed by atoms with van der Waals surface area (Å²) in [6.45, 7) is 0. The minimum Gasteiger partial charge on any atom is -0.427 e. The largest absolute Gasteiger partial charge is 0.514 e. The number of fused-ring (bicyclic) bond motifs is 1. The number of halogens is 4. The van der Waals surface area contributed by atoms with Crippen LogP contribution in [0.3, 0.4) is 0 Å². The van der Waals surface area contributed by atoms with Crippen molar-refractivity contribution in [2.45, 2.75) is 18.7 Å². The predicted octanol–water partition coefficient (Wildman–Crippen LogP) is 3.09. The first kappa shape index (κ1) is 14.7. The third kappa shape index (κ3) is 2.50. The summed E-state index contributed by atoms with van der Waals surface area (Å²) in [7, 11) is 0. The lowest BCUT2D eigenvalue weighted by molar-refractivity contribution is 0.0843. The summed E-state index contributed by atoms with van der Waals surface area (Å²) >= 11 is 5.60. The average molecular weight is 334 g/mol. The van der Waals surface area contributed by atoms with Crippen LogP contribution in [0.4, 0.5) is 18.0 Å². The van der Waals surface area contributed by atoms with Crippen LogP contribution in [0.2, 0.25) is 5.02 Å². The van der Waals surface area contributed by atoms with Crippen LogP contribution < -0.4 is 10.2 Å². The van der Waals surface area contributed by atoms with Gasteiger partial charge in [0.1, 0.15) is 17.3 Å². The van der Waals surface area contributed by atoms with Crippen molar-refractivity contribution in [3.63, 3.8) is 0 Å². The molecule has 1 aliphatic rings. The molecular formula is C13H7ClF3NO4. The topological polar surface area (TPSA) is 68.4 Å². The Morgan fingerprint density at radius 1 is 1.41 bits per heavy atom. The van der Waals surface area contributed by atoms with Crippen molar-refractivity contribution in [3.05, 3.63) is 39.1 Å². The molecule has 1 heterocycles. The normalized spacial score (nSPS) is 20.0. The van der Waals surface area contributed by atoms with Crippen molar-refractivity contribution in [1.29, 1.82) is 0 Å². The van der Waals surface area contributed by atoms with Gasteiger partial charge in [-0.05, 0) is 6.07 Å². The Hall–Kier alpha value is -2.22. The lowest BCUT2D eigenvalue weighted by Crippen LogP contribution is -2.18. The van der Waals surface area contributed by atoms with Crippen molar-refractivity contribution < 1.29 is 27.4 Å². The van der Waals surface area contributed by atoms with Crippen molar-refractivity contribution in [2.24, 2.45) is 0 Å². The molecule has 1 aliphatic carbocycles. The molecule has 2 atom stereocenters. The number of hydrogen-bond donors (Lipinski definition) is 1. The summed E-state index contributed by atoms with van der Waals surface area (Å²) in [4.78, 5) is 25.9. The van der Waals surface area contributed by atoms with E-state index in [4.69, 9.17) is 11.6 Å². The summed E-state index contributed by atoms with van der Waals surface area (Å²) in [6, 6.07) is 0.631. The van der Waals surface area contributed by atoms with Crippen LogP contribution in [0.1, 0.15) is 6.42 Å². The second-order valence-corrected chi connectivity index (χ2v) is 5.03. The first-order chi connectivity index (χ1) is 10.4. The van der Waals surface area contributed by atoms with Gasteiger partial charge in [0.05, 0.1) is 10.9 Å². The van der Waals surface area contributed by atoms with Crippen LogP contribution in [0.5, 0.6) is 5.75 Å². The number of aromatic amines is 1. The summed E-state index contributed by atoms with van der Waals surface area (Å²) in [5, 5.41) is -0.900. The number of ether oxygens (including phenoxy) is 2. The van der Waals surface area contributed by atoms with E-state index in [1.165, 1.54) is 0 Å². The summed E-state index contributed by atoms with van der Waals surface area (Å²) in [6.07, 6.45) is -2.35. The average Bonchev–Trinajstić information content (AvgIpc) is 3.15. The van der Waals surface area contributed by atoms with Gasteiger partial charge in [0.25, 0.3) is 0 Å². The van der Waals surface area contributed by atoms with Gasteiger partial charge < -0.3 is 14.5 Å². The zero-order valence-electron chi connectivity index (χ0n) is 10.7. The van der Waals surface area contributed by atoms with E-state index in [-0.39, 0.29) is 17.3 Å². The van der Waals surface area contributed by atoms with Gasteiger partial charge in [-0.15, -0.1) is 0 Å². The number of hydrogen-bond acceptors (Lipinski definition) is 4. The van der Waals surface area contributed by atoms with Gasteiger partial charge >= 0.3 is 6.16 Å². The molecule has 1 aromatic heterocycles. The van der Waals surface area contributed by atoms with Gasteiger partial charge in [-0.3, -0.25) is 4.79 Å². The quantitative estimate of drug-likeness (QED) is 0.677. The molecule has 1 fully saturated rings. The summed E-state index contributed by atoms with van der Waals surface area (Å²) < 4.78 is 48.4. The fourth-order valence-corrected chi connectivity index (χ4v) is 2.08. The Labute approximate surface area is 125 Å². The smallest absolute Gasteiger partial charge is 0.427 e. The first-order valence-electron chi connectivity index (χ1n) is 6.10. The number of alkyl halides is 1. The molecule has 0 spiro atoms. The Balaban J connectivity index is 1.94. The van der Waals surface area contributed by atoms with Crippen LogP contribution in [0.25, 0.3) is 10.9 Å². The highest BCUT2D eigenvalue weighted by atomic mass is 35.5. The summed E-state index contributed by atoms with van der Waals surface area (Å²) in [5.41, 5.74) is -1.03. The molecule has 3 rings (SSSR count). The monoisotopic (exact) mass is 333 g/mol. The van der Waals surface area contributed by atoms with E-state index in [1.807, 2.05) is 0 Å². The van der Waals surface area contributed by atoms with Crippen molar-refractivity contribution >= 4 is 28.7 Å². The maximum Gasteiger partial charge on any atom is 0.514 e. The van der Waals surface area contributed by atoms with E-state index < -0.39 is 46.3 Å². The maximum absolute atomic E-state index is 13.3. The molecular weight excluding hydrogens is 327 g/mol. The van der Waals surface area contributed by atoms with E-state index in [0.717, 1.165) is 6.20 Å². The van der Waals surface area contributed by atoms with Gasteiger partial charge in [-0.25, -0.2) is 18.0 Å². The highest BCUT2D eigenvalue weighted by Gasteiger charge is 2.42. The predicted molar refractivity (Wildman–Crippen MR) is 69.9 cm³/mol. The number of carbonyl (C=O) groups is 1. The molecule has 9 heteroatoms. The van der Waals surface area contributed by atoms with Gasteiger partial charge in [-0.1, -0.05) is 11.6 Å². The number of rotatable bonds is 2. The molecule has 0 unspecified atom stereocenters. The Morgan fingerprint density at radius 2 is 2.09 bits per heavy atom. The van der Waals surface area contributed by atoms with Crippen LogP contribution in [-0.2, 0) is 4.74 Å². The molecule has 1 aromatic carbocycles. The molecule has 0 aliphatic heterocycles. The van der Waals surface area contributed by atoms with E-state index in [2.05, 4.69) is 14.5 Å². The SMILES string of the molecule is O=C(Oc1c[nH]c2c(Cl)c(F)c(F)cc2c1=O)O[C@@H]1C[C@@H]1F. The minimum absolute atomic E-state index is 0.0727. The standard InChI is InChI=1S/C13H7ClF3NO4/c14-9-10(17)6(16)1-4-11(9)18-3-8(12(4)19)22-13(20)21-7-2-5(7)15/h1,3,5,7H,2H2,(H,18,19)/t5-,7+/m0/s1. The number of pyridine rings is 1. The Morgan fingerprint density at radius 3 is 2.73 bits per heavy atom. The minimum atomic E-state index is -1.32. The van der Waals surface area contributed by atoms with Crippen molar-refractivity contribution in [2.75, 3.05) is 0 Å². The van der Waals surface area contributed by atoms with E-state index in [9.17, 15) is 22.8 Å². The Kier molecular flexibility index (Phi) is 3.48. The molecule has 0 bridgehead atoms. The molecule has 0 saturated heterocycles. The van der Waals surface area contributed by atoms with Crippen LogP contribution >= 0.6 is 11.6 Å². The van der Waals surface area contributed by atoms with E-state index in [0.29, 0.717) is 6.07 Å². The van der Waals surface area contributed by atoms with Gasteiger partial charge in [0, 0.05) is 12.6 Å². The van der Waals surface area contributed by atoms with Crippen molar-refractivity contribution in [1.82, 2.24) is 4.98 Å². The highest BCUT2D eigenvalue weighted by Crippen LogP contribution is 2.29. The molecule has 22 heavy (non-hydrogen) atoms. The maximum atomic E-state index is 13.3. The lowest BCUT2D eigenvalue weighted by Gasteiger charge is -2.07. The third-order valence-corrected chi connectivity index (χ3v) is 3.43. The van der Waals surface area contributed by atoms with Crippen LogP contribution in [0.15, 0.2) is 17.1 Å². The number of nitrogens with one attached hydrogen (secondary N) is 1. The molecule has 0 amide bonds. The van der Waals surface area contributed by atoms with E-state index in [1.54, 1.807) is 0 Å². The van der Waals surface area contributed by atoms with E-state index >= 15 is 0 Å². The van der Waals surface area contributed by atoms with Crippen LogP contribution in [0, 0.1) is 11.6 Å². The molecule has 1 N–H and O–H groups in total. The fraction of sp³-hybridized carbons (Fsp3) is 0.231. The zero-order valence-corrected chi connectivity index (χ0v) is 11.4. The third-order valence-electron chi connectivity index (χ3n) is 3.08. The second kappa shape index (κ2) is 5.20. The number of H-pyrrole nitrogens is 1. The van der Waals surface area contributed by atoms with Gasteiger partial charge in [0.15, 0.2) is 17.4 Å². The first-order valence-corrected chi connectivity index (χ1v) is 6.47. The fourth-order valence-electron chi connectivity index (χ4n) is 1.83. The molecule has 1 saturated carbocycles. The van der Waals surface area contributed by atoms with Crippen LogP contribution in [-0.4, -0.2) is 23.4 Å². The Bertz CT molecular complexity index is 838. The van der Waals surface area contributed by atoms with Gasteiger partial charge in [-0.2, -0.15) is 0 Å². The van der Waals surface area contributed by atoms with Gasteiger partial charge in [0.2, 0.25) is 5.43 Å². The molecule has 0 radical (unpaired) electrons. The van der Waals surface area contributed by atoms with Crippen molar-refractivity contribution in [3.8, 4) is 5.75 Å². The number of carbonyl (C=O) groups excluding carboxylic acids is 1. The highest BCUT2D eigenvalue weighted by molar-refractivity contribution is 6.35. The number of aromatic nitrogens is 1. The lowest BCUT2D eigenvalue weighted by atomic mass is 10.2. The molecule has 2 aromatic rings. The summed E-state index contributed by atoms with van der Waals surface area (Å²) in [5.74, 6) is -3.13.